The number of hydrogen-bond acceptors (Lipinski definition) is 6. The van der Waals surface area contributed by atoms with E-state index in [1.807, 2.05) is 20.9 Å². The summed E-state index contributed by atoms with van der Waals surface area (Å²) in [5.74, 6) is 0. The van der Waals surface area contributed by atoms with Crippen LogP contribution >= 0.6 is 22.7 Å². The smallest absolute Gasteiger partial charge is 0.273 e. The van der Waals surface area contributed by atoms with Crippen LogP contribution in [0, 0.1) is 13.8 Å². The molecule has 0 atom stereocenters. The van der Waals surface area contributed by atoms with Crippen molar-refractivity contribution >= 4 is 37.8 Å². The maximum atomic E-state index is 12.2. The highest BCUT2D eigenvalue weighted by molar-refractivity contribution is 7.94. The van der Waals surface area contributed by atoms with Crippen LogP contribution in [0.25, 0.3) is 0 Å². The van der Waals surface area contributed by atoms with Crippen molar-refractivity contribution in [3.63, 3.8) is 0 Å². The Morgan fingerprint density at radius 2 is 2.05 bits per heavy atom. The molecule has 0 aliphatic rings. The molecule has 0 aliphatic heterocycles. The van der Waals surface area contributed by atoms with E-state index in [0.717, 1.165) is 15.3 Å². The summed E-state index contributed by atoms with van der Waals surface area (Å²) in [6.45, 7) is 4.47. The molecule has 0 spiro atoms. The van der Waals surface area contributed by atoms with E-state index in [1.165, 1.54) is 22.7 Å². The summed E-state index contributed by atoms with van der Waals surface area (Å²) in [7, 11) is -1.69. The number of nitrogens with zero attached hydrogens (tertiary/aromatic N) is 1. The van der Waals surface area contributed by atoms with Crippen molar-refractivity contribution in [3.8, 4) is 0 Å². The first-order valence-electron chi connectivity index (χ1n) is 5.61. The minimum atomic E-state index is -3.53. The van der Waals surface area contributed by atoms with Gasteiger partial charge < -0.3 is 5.32 Å². The van der Waals surface area contributed by atoms with E-state index in [4.69, 9.17) is 0 Å². The van der Waals surface area contributed by atoms with Crippen LogP contribution in [0.1, 0.15) is 15.3 Å². The molecule has 0 aliphatic carbocycles. The summed E-state index contributed by atoms with van der Waals surface area (Å²) in [6.07, 6.45) is 1.65. The molecule has 0 aromatic carbocycles. The number of anilines is 1. The van der Waals surface area contributed by atoms with Crippen molar-refractivity contribution in [3.05, 3.63) is 27.6 Å². The Kier molecular flexibility index (Phi) is 4.24. The number of sulfonamides is 1. The van der Waals surface area contributed by atoms with Gasteiger partial charge in [0.15, 0.2) is 5.13 Å². The molecule has 8 heteroatoms. The van der Waals surface area contributed by atoms with Crippen molar-refractivity contribution < 1.29 is 8.42 Å². The molecule has 2 rings (SSSR count). The van der Waals surface area contributed by atoms with Gasteiger partial charge in [-0.3, -0.25) is 4.72 Å². The maximum Gasteiger partial charge on any atom is 0.273 e. The highest BCUT2D eigenvalue weighted by atomic mass is 32.2. The van der Waals surface area contributed by atoms with Gasteiger partial charge in [0.1, 0.15) is 4.21 Å². The van der Waals surface area contributed by atoms with Gasteiger partial charge >= 0.3 is 0 Å². The van der Waals surface area contributed by atoms with E-state index >= 15 is 0 Å². The normalized spacial score (nSPS) is 11.7. The van der Waals surface area contributed by atoms with Gasteiger partial charge in [-0.1, -0.05) is 0 Å². The molecule has 104 valence electrons. The number of rotatable bonds is 5. The molecular formula is C11H15N3O2S3. The van der Waals surface area contributed by atoms with Crippen molar-refractivity contribution in [2.24, 2.45) is 0 Å². The van der Waals surface area contributed by atoms with Crippen LogP contribution in [0.4, 0.5) is 5.13 Å². The number of nitrogens with one attached hydrogen (secondary N) is 2. The highest BCUT2D eigenvalue weighted by Gasteiger charge is 2.20. The number of aromatic nitrogens is 1. The third-order valence-electron chi connectivity index (χ3n) is 2.44. The van der Waals surface area contributed by atoms with Crippen LogP contribution < -0.4 is 10.0 Å². The lowest BCUT2D eigenvalue weighted by Crippen LogP contribution is -2.11. The monoisotopic (exact) mass is 317 g/mol. The van der Waals surface area contributed by atoms with Crippen LogP contribution in [-0.2, 0) is 16.6 Å². The predicted molar refractivity (Wildman–Crippen MR) is 79.5 cm³/mol. The Hall–Kier alpha value is -0.960. The largest absolute Gasteiger partial charge is 0.315 e. The van der Waals surface area contributed by atoms with Crippen LogP contribution in [0.3, 0.4) is 0 Å². The average molecular weight is 317 g/mol. The molecule has 2 aromatic heterocycles. The van der Waals surface area contributed by atoms with Crippen LogP contribution in [0.2, 0.25) is 0 Å². The SMILES string of the molecule is CNCc1sc(S(=O)(=O)Nc2ncc(C)s2)cc1C. The average Bonchev–Trinajstić information content (AvgIpc) is 2.87. The topological polar surface area (TPSA) is 71.1 Å². The summed E-state index contributed by atoms with van der Waals surface area (Å²) >= 11 is 2.60. The quantitative estimate of drug-likeness (QED) is 0.888. The Morgan fingerprint density at radius 3 is 2.63 bits per heavy atom. The molecule has 0 saturated carbocycles. The second-order valence-electron chi connectivity index (χ2n) is 4.08. The zero-order valence-electron chi connectivity index (χ0n) is 10.9. The lowest BCUT2D eigenvalue weighted by atomic mass is 10.3. The molecule has 0 bridgehead atoms. The van der Waals surface area contributed by atoms with E-state index in [2.05, 4.69) is 15.0 Å². The van der Waals surface area contributed by atoms with Gasteiger partial charge in [-0.25, -0.2) is 13.4 Å². The van der Waals surface area contributed by atoms with E-state index in [9.17, 15) is 8.42 Å². The molecule has 0 fully saturated rings. The van der Waals surface area contributed by atoms with Gasteiger partial charge in [0, 0.05) is 22.5 Å². The number of aryl methyl sites for hydroxylation is 2. The molecule has 5 nitrogen and oxygen atoms in total. The van der Waals surface area contributed by atoms with E-state index < -0.39 is 10.0 Å². The summed E-state index contributed by atoms with van der Waals surface area (Å²) in [4.78, 5) is 6.01. The predicted octanol–water partition coefficient (Wildman–Crippen LogP) is 2.34. The fourth-order valence-corrected chi connectivity index (χ4v) is 5.03. The highest BCUT2D eigenvalue weighted by Crippen LogP contribution is 2.28. The first-order valence-corrected chi connectivity index (χ1v) is 8.73. The lowest BCUT2D eigenvalue weighted by Gasteiger charge is -2.01. The Labute approximate surface area is 120 Å². The van der Waals surface area contributed by atoms with Gasteiger partial charge in [0.25, 0.3) is 10.0 Å². The van der Waals surface area contributed by atoms with Crippen LogP contribution in [-0.4, -0.2) is 20.4 Å². The maximum absolute atomic E-state index is 12.2. The molecule has 0 saturated heterocycles. The first kappa shape index (κ1) is 14.4. The van der Waals surface area contributed by atoms with Gasteiger partial charge in [-0.2, -0.15) is 0 Å². The molecule has 2 N–H and O–H groups in total. The fraction of sp³-hybridized carbons (Fsp3) is 0.364. The van der Waals surface area contributed by atoms with Crippen LogP contribution in [0.15, 0.2) is 16.5 Å². The van der Waals surface area contributed by atoms with E-state index in [1.54, 1.807) is 12.3 Å². The zero-order valence-corrected chi connectivity index (χ0v) is 13.3. The molecule has 2 aromatic rings. The van der Waals surface area contributed by atoms with Gasteiger partial charge in [0.05, 0.1) is 0 Å². The van der Waals surface area contributed by atoms with Crippen molar-refractivity contribution in [2.75, 3.05) is 11.8 Å². The summed E-state index contributed by atoms with van der Waals surface area (Å²) in [5, 5.41) is 3.43. The van der Waals surface area contributed by atoms with Crippen molar-refractivity contribution in [1.29, 1.82) is 0 Å². The molecule has 0 unspecified atom stereocenters. The van der Waals surface area contributed by atoms with Crippen molar-refractivity contribution in [2.45, 2.75) is 24.6 Å². The number of thiazole rings is 1. The summed E-state index contributed by atoms with van der Waals surface area (Å²) in [5.41, 5.74) is 0.982. The van der Waals surface area contributed by atoms with Gasteiger partial charge in [0.2, 0.25) is 0 Å². The second-order valence-corrected chi connectivity index (χ2v) is 8.36. The Bertz CT molecular complexity index is 673. The second kappa shape index (κ2) is 5.58. The third-order valence-corrected chi connectivity index (χ3v) is 6.45. The minimum absolute atomic E-state index is 0.322. The zero-order chi connectivity index (χ0) is 14.0. The Balaban J connectivity index is 2.26. The third kappa shape index (κ3) is 3.33. The van der Waals surface area contributed by atoms with Gasteiger partial charge in [-0.15, -0.1) is 22.7 Å². The number of hydrogen-bond donors (Lipinski definition) is 2. The standard InChI is InChI=1S/C11H15N3O2S3/c1-7-4-10(18-9(7)6-12-3)19(15,16)14-11-13-5-8(2)17-11/h4-5,12H,6H2,1-3H3,(H,13,14). The molecule has 2 heterocycles. The molecule has 0 radical (unpaired) electrons. The van der Waals surface area contributed by atoms with Crippen molar-refractivity contribution in [1.82, 2.24) is 10.3 Å². The first-order chi connectivity index (χ1) is 8.92. The Morgan fingerprint density at radius 1 is 1.32 bits per heavy atom. The van der Waals surface area contributed by atoms with E-state index in [0.29, 0.717) is 15.9 Å². The molecule has 0 amide bonds. The summed E-state index contributed by atoms with van der Waals surface area (Å²) < 4.78 is 27.3. The van der Waals surface area contributed by atoms with E-state index in [-0.39, 0.29) is 0 Å². The van der Waals surface area contributed by atoms with Gasteiger partial charge in [-0.05, 0) is 32.5 Å². The molecule has 19 heavy (non-hydrogen) atoms. The summed E-state index contributed by atoms with van der Waals surface area (Å²) in [6, 6.07) is 1.69. The minimum Gasteiger partial charge on any atom is -0.315 e. The number of thiophene rings is 1. The van der Waals surface area contributed by atoms with Crippen LogP contribution in [0.5, 0.6) is 0 Å². The fourth-order valence-electron chi connectivity index (χ4n) is 1.52. The lowest BCUT2D eigenvalue weighted by molar-refractivity contribution is 0.603. The molecular weight excluding hydrogens is 302 g/mol.